The number of hydrogen-bond acceptors (Lipinski definition) is 3. The maximum Gasteiger partial charge on any atom is 0.244 e. The molecule has 0 amide bonds. The van der Waals surface area contributed by atoms with Crippen LogP contribution in [0.2, 0.25) is 0 Å². The molecule has 0 aliphatic carbocycles. The van der Waals surface area contributed by atoms with Crippen LogP contribution in [0.15, 0.2) is 27.8 Å². The molecule has 1 aliphatic heterocycles. The molecular formula is C12H17BrN2O2S. The topological polar surface area (TPSA) is 50.3 Å². The molecule has 0 bridgehead atoms. The molecule has 0 spiro atoms. The van der Waals surface area contributed by atoms with E-state index in [-0.39, 0.29) is 4.90 Å². The van der Waals surface area contributed by atoms with Crippen LogP contribution in [0.1, 0.15) is 20.3 Å². The van der Waals surface area contributed by atoms with Crippen LogP contribution in [0.4, 0.5) is 0 Å². The van der Waals surface area contributed by atoms with E-state index in [2.05, 4.69) is 34.8 Å². The van der Waals surface area contributed by atoms with Crippen molar-refractivity contribution in [3.05, 3.63) is 22.9 Å². The summed E-state index contributed by atoms with van der Waals surface area (Å²) in [6, 6.07) is 1.60. The first kappa shape index (κ1) is 14.0. The Morgan fingerprint density at radius 3 is 2.72 bits per heavy atom. The first-order chi connectivity index (χ1) is 8.41. The lowest BCUT2D eigenvalue weighted by Crippen LogP contribution is -2.29. The molecule has 1 aliphatic rings. The summed E-state index contributed by atoms with van der Waals surface area (Å²) in [5.74, 6) is 0.978. The van der Waals surface area contributed by atoms with Crippen molar-refractivity contribution in [1.29, 1.82) is 0 Å². The molecule has 0 N–H and O–H groups in total. The Balaban J connectivity index is 2.23. The average Bonchev–Trinajstić information content (AvgIpc) is 2.79. The third-order valence-electron chi connectivity index (χ3n) is 3.45. The van der Waals surface area contributed by atoms with Gasteiger partial charge in [0, 0.05) is 30.0 Å². The summed E-state index contributed by atoms with van der Waals surface area (Å²) in [6.45, 7) is 5.51. The Kier molecular flexibility index (Phi) is 4.08. The van der Waals surface area contributed by atoms with Crippen LogP contribution < -0.4 is 0 Å². The maximum atomic E-state index is 12.4. The minimum absolute atomic E-state index is 0.265. The molecule has 0 saturated carbocycles. The molecule has 4 nitrogen and oxygen atoms in total. The second-order valence-corrected chi connectivity index (χ2v) is 7.85. The van der Waals surface area contributed by atoms with Crippen LogP contribution in [0.3, 0.4) is 0 Å². The summed E-state index contributed by atoms with van der Waals surface area (Å²) in [5.41, 5.74) is 0. The van der Waals surface area contributed by atoms with Gasteiger partial charge in [-0.05, 0) is 40.3 Å². The molecule has 2 rings (SSSR count). The Morgan fingerprint density at radius 1 is 1.44 bits per heavy atom. The monoisotopic (exact) mass is 332 g/mol. The van der Waals surface area contributed by atoms with E-state index in [9.17, 15) is 8.42 Å². The fourth-order valence-electron chi connectivity index (χ4n) is 2.20. The zero-order valence-corrected chi connectivity index (χ0v) is 12.9. The summed E-state index contributed by atoms with van der Waals surface area (Å²) in [5, 5.41) is 0. The molecule has 1 atom stereocenters. The highest BCUT2D eigenvalue weighted by atomic mass is 79.9. The molecule has 1 saturated heterocycles. The summed E-state index contributed by atoms with van der Waals surface area (Å²) < 4.78 is 27.1. The maximum absolute atomic E-state index is 12.4. The van der Waals surface area contributed by atoms with Crippen LogP contribution in [0.5, 0.6) is 0 Å². The largest absolute Gasteiger partial charge is 0.262 e. The summed E-state index contributed by atoms with van der Waals surface area (Å²) in [6.07, 6.45) is 3.93. The number of sulfonamides is 1. The number of nitrogens with zero attached hydrogens (tertiary/aromatic N) is 2. The lowest BCUT2D eigenvalue weighted by atomic mass is 9.96. The van der Waals surface area contributed by atoms with E-state index in [1.54, 1.807) is 16.6 Å². The highest BCUT2D eigenvalue weighted by Crippen LogP contribution is 2.28. The van der Waals surface area contributed by atoms with Crippen LogP contribution >= 0.6 is 15.9 Å². The normalized spacial score (nSPS) is 21.7. The van der Waals surface area contributed by atoms with E-state index in [1.165, 1.54) is 6.20 Å². The minimum atomic E-state index is -3.39. The van der Waals surface area contributed by atoms with Crippen molar-refractivity contribution in [2.45, 2.75) is 25.2 Å². The second kappa shape index (κ2) is 5.27. The van der Waals surface area contributed by atoms with Crippen molar-refractivity contribution in [3.63, 3.8) is 0 Å². The summed E-state index contributed by atoms with van der Waals surface area (Å²) in [4.78, 5) is 4.19. The van der Waals surface area contributed by atoms with Gasteiger partial charge in [0.2, 0.25) is 10.0 Å². The fourth-order valence-corrected chi connectivity index (χ4v) is 4.22. The van der Waals surface area contributed by atoms with Crippen LogP contribution in [-0.2, 0) is 10.0 Å². The predicted molar refractivity (Wildman–Crippen MR) is 73.6 cm³/mol. The molecule has 6 heteroatoms. The van der Waals surface area contributed by atoms with E-state index in [0.29, 0.717) is 29.4 Å². The van der Waals surface area contributed by atoms with Crippen molar-refractivity contribution < 1.29 is 8.42 Å². The first-order valence-electron chi connectivity index (χ1n) is 6.02. The van der Waals surface area contributed by atoms with Crippen molar-refractivity contribution in [3.8, 4) is 0 Å². The number of hydrogen-bond donors (Lipinski definition) is 0. The van der Waals surface area contributed by atoms with Gasteiger partial charge < -0.3 is 0 Å². The number of pyridine rings is 1. The zero-order valence-electron chi connectivity index (χ0n) is 10.5. The summed E-state index contributed by atoms with van der Waals surface area (Å²) >= 11 is 3.25. The molecule has 100 valence electrons. The van der Waals surface area contributed by atoms with Gasteiger partial charge >= 0.3 is 0 Å². The Bertz CT molecular complexity index is 531. The van der Waals surface area contributed by atoms with Gasteiger partial charge in [0.25, 0.3) is 0 Å². The van der Waals surface area contributed by atoms with Crippen molar-refractivity contribution in [2.24, 2.45) is 11.8 Å². The molecule has 0 radical (unpaired) electrons. The molecule has 1 aromatic rings. The SMILES string of the molecule is CC(C)C1CCN(S(=O)(=O)c2cncc(Br)c2)C1. The zero-order chi connectivity index (χ0) is 13.3. The van der Waals surface area contributed by atoms with E-state index >= 15 is 0 Å². The third-order valence-corrected chi connectivity index (χ3v) is 5.71. The number of rotatable bonds is 3. The fraction of sp³-hybridized carbons (Fsp3) is 0.583. The van der Waals surface area contributed by atoms with Gasteiger partial charge in [0.05, 0.1) is 0 Å². The second-order valence-electron chi connectivity index (χ2n) is 4.99. The van der Waals surface area contributed by atoms with Gasteiger partial charge in [-0.3, -0.25) is 4.98 Å². The summed E-state index contributed by atoms with van der Waals surface area (Å²) in [7, 11) is -3.39. The lowest BCUT2D eigenvalue weighted by molar-refractivity contribution is 0.388. The van der Waals surface area contributed by atoms with Crippen molar-refractivity contribution in [1.82, 2.24) is 9.29 Å². The molecule has 1 fully saturated rings. The molecular weight excluding hydrogens is 316 g/mol. The Morgan fingerprint density at radius 2 is 2.17 bits per heavy atom. The highest BCUT2D eigenvalue weighted by molar-refractivity contribution is 9.10. The van der Waals surface area contributed by atoms with Gasteiger partial charge in [-0.15, -0.1) is 0 Å². The number of halogens is 1. The van der Waals surface area contributed by atoms with Crippen molar-refractivity contribution >= 4 is 26.0 Å². The average molecular weight is 333 g/mol. The molecule has 1 aromatic heterocycles. The molecule has 1 unspecified atom stereocenters. The smallest absolute Gasteiger partial charge is 0.244 e. The van der Waals surface area contributed by atoms with E-state index < -0.39 is 10.0 Å². The van der Waals surface area contributed by atoms with E-state index in [1.807, 2.05) is 0 Å². The van der Waals surface area contributed by atoms with Crippen LogP contribution in [0.25, 0.3) is 0 Å². The first-order valence-corrected chi connectivity index (χ1v) is 8.25. The predicted octanol–water partition coefficient (Wildman–Crippen LogP) is 2.51. The van der Waals surface area contributed by atoms with Crippen molar-refractivity contribution in [2.75, 3.05) is 13.1 Å². The standard InChI is InChI=1S/C12H17BrN2O2S/c1-9(2)10-3-4-15(8-10)18(16,17)12-5-11(13)6-14-7-12/h5-7,9-10H,3-4,8H2,1-2H3. The minimum Gasteiger partial charge on any atom is -0.262 e. The van der Waals surface area contributed by atoms with E-state index in [0.717, 1.165) is 6.42 Å². The van der Waals surface area contributed by atoms with Gasteiger partial charge in [-0.2, -0.15) is 4.31 Å². The van der Waals surface area contributed by atoms with Gasteiger partial charge in [0.1, 0.15) is 4.90 Å². The molecule has 0 aromatic carbocycles. The van der Waals surface area contributed by atoms with Gasteiger partial charge in [-0.25, -0.2) is 8.42 Å². The number of aromatic nitrogens is 1. The quantitative estimate of drug-likeness (QED) is 0.854. The van der Waals surface area contributed by atoms with Crippen LogP contribution in [0, 0.1) is 11.8 Å². The van der Waals surface area contributed by atoms with E-state index in [4.69, 9.17) is 0 Å². The Labute approximate surface area is 117 Å². The highest BCUT2D eigenvalue weighted by Gasteiger charge is 2.33. The Hall–Kier alpha value is -0.460. The molecule has 18 heavy (non-hydrogen) atoms. The van der Waals surface area contributed by atoms with Crippen LogP contribution in [-0.4, -0.2) is 30.8 Å². The van der Waals surface area contributed by atoms with Gasteiger partial charge in [0.15, 0.2) is 0 Å². The van der Waals surface area contributed by atoms with Gasteiger partial charge in [-0.1, -0.05) is 13.8 Å². The third kappa shape index (κ3) is 2.75. The lowest BCUT2D eigenvalue weighted by Gasteiger charge is -2.18. The molecule has 2 heterocycles.